The molecule has 2 aromatic carbocycles. The first-order chi connectivity index (χ1) is 15.4. The molecule has 2 amide bonds. The van der Waals surface area contributed by atoms with Gasteiger partial charge in [0.25, 0.3) is 0 Å². The summed E-state index contributed by atoms with van der Waals surface area (Å²) in [6.45, 7) is 9.47. The number of hydrogen-bond donors (Lipinski definition) is 2. The van der Waals surface area contributed by atoms with Crippen molar-refractivity contribution >= 4 is 17.7 Å². The van der Waals surface area contributed by atoms with Gasteiger partial charge in [-0.1, -0.05) is 55.8 Å². The maximum Gasteiger partial charge on any atom is 0.338 e. The summed E-state index contributed by atoms with van der Waals surface area (Å²) in [6, 6.07) is 17.5. The van der Waals surface area contributed by atoms with Gasteiger partial charge in [0, 0.05) is 24.5 Å². The third-order valence-corrected chi connectivity index (χ3v) is 5.41. The van der Waals surface area contributed by atoms with E-state index >= 15 is 0 Å². The molecule has 0 bridgehead atoms. The highest BCUT2D eigenvalue weighted by atomic mass is 16.5. The van der Waals surface area contributed by atoms with Crippen molar-refractivity contribution in [3.8, 4) is 0 Å². The van der Waals surface area contributed by atoms with E-state index in [1.807, 2.05) is 63.2 Å². The number of ether oxygens (including phenoxy) is 1. The molecule has 170 valence electrons. The van der Waals surface area contributed by atoms with Crippen LogP contribution in [0.4, 0.5) is 10.5 Å². The van der Waals surface area contributed by atoms with Crippen molar-refractivity contribution in [2.24, 2.45) is 0 Å². The Morgan fingerprint density at radius 1 is 1.06 bits per heavy atom. The molecule has 0 saturated heterocycles. The Labute approximate surface area is 190 Å². The Morgan fingerprint density at radius 2 is 1.75 bits per heavy atom. The molecule has 1 heterocycles. The normalized spacial score (nSPS) is 15.9. The van der Waals surface area contributed by atoms with E-state index in [9.17, 15) is 9.59 Å². The topological polar surface area (TPSA) is 70.7 Å². The fraction of sp³-hybridized carbons (Fsp3) is 0.385. The Bertz CT molecular complexity index is 952. The lowest BCUT2D eigenvalue weighted by atomic mass is 9.93. The van der Waals surface area contributed by atoms with Crippen molar-refractivity contribution in [1.29, 1.82) is 0 Å². The zero-order valence-electron chi connectivity index (χ0n) is 19.4. The van der Waals surface area contributed by atoms with Gasteiger partial charge in [-0.2, -0.15) is 0 Å². The van der Waals surface area contributed by atoms with Crippen LogP contribution >= 0.6 is 0 Å². The monoisotopic (exact) mass is 435 g/mol. The summed E-state index contributed by atoms with van der Waals surface area (Å²) in [5.74, 6) is -0.399. The Hall–Kier alpha value is -3.28. The molecule has 32 heavy (non-hydrogen) atoms. The number of benzene rings is 2. The molecule has 0 aliphatic carbocycles. The number of nitrogens with one attached hydrogen (secondary N) is 2. The highest BCUT2D eigenvalue weighted by Gasteiger charge is 2.33. The van der Waals surface area contributed by atoms with Gasteiger partial charge in [-0.15, -0.1) is 0 Å². The van der Waals surface area contributed by atoms with E-state index < -0.39 is 12.0 Å². The van der Waals surface area contributed by atoms with Crippen LogP contribution in [0.25, 0.3) is 0 Å². The van der Waals surface area contributed by atoms with Gasteiger partial charge in [-0.05, 0) is 50.5 Å². The first kappa shape index (κ1) is 23.4. The Balaban J connectivity index is 1.89. The maximum absolute atomic E-state index is 12.9. The lowest BCUT2D eigenvalue weighted by Gasteiger charge is -2.30. The molecule has 2 aromatic rings. The number of hydrogen-bond acceptors (Lipinski definition) is 4. The minimum atomic E-state index is -0.546. The lowest BCUT2D eigenvalue weighted by molar-refractivity contribution is -0.143. The highest BCUT2D eigenvalue weighted by Crippen LogP contribution is 2.31. The molecule has 0 radical (unpaired) electrons. The van der Waals surface area contributed by atoms with E-state index in [0.717, 1.165) is 30.8 Å². The molecule has 1 aliphatic rings. The molecule has 6 nitrogen and oxygen atoms in total. The molecule has 0 fully saturated rings. The summed E-state index contributed by atoms with van der Waals surface area (Å²) < 4.78 is 5.50. The molecule has 1 unspecified atom stereocenters. The van der Waals surface area contributed by atoms with Crippen LogP contribution in [0, 0.1) is 0 Å². The van der Waals surface area contributed by atoms with Gasteiger partial charge >= 0.3 is 12.0 Å². The standard InChI is InChI=1S/C26H33N3O3/c1-5-10-22-23(25(30)32-18(3)4)24(28-26(31)27-22)20-13-15-21(16-14-20)29(6-2)17-19-11-8-7-9-12-19/h7-9,11-16,18,24H,5-6,10,17H2,1-4H3,(H2,27,28,31). The lowest BCUT2D eigenvalue weighted by Crippen LogP contribution is -2.46. The fourth-order valence-electron chi connectivity index (χ4n) is 3.90. The van der Waals surface area contributed by atoms with Crippen molar-refractivity contribution in [1.82, 2.24) is 10.6 Å². The summed E-state index contributed by atoms with van der Waals surface area (Å²) in [6.07, 6.45) is 1.17. The molecule has 2 N–H and O–H groups in total. The van der Waals surface area contributed by atoms with E-state index in [4.69, 9.17) is 4.74 Å². The van der Waals surface area contributed by atoms with Crippen molar-refractivity contribution in [3.63, 3.8) is 0 Å². The van der Waals surface area contributed by atoms with Crippen LogP contribution in [0.2, 0.25) is 0 Å². The quantitative estimate of drug-likeness (QED) is 0.539. The maximum atomic E-state index is 12.9. The number of esters is 1. The van der Waals surface area contributed by atoms with Crippen LogP contribution in [-0.4, -0.2) is 24.6 Å². The highest BCUT2D eigenvalue weighted by molar-refractivity contribution is 5.95. The number of anilines is 1. The smallest absolute Gasteiger partial charge is 0.338 e. The van der Waals surface area contributed by atoms with E-state index in [-0.39, 0.29) is 12.1 Å². The first-order valence-electron chi connectivity index (χ1n) is 11.3. The van der Waals surface area contributed by atoms with E-state index in [2.05, 4.69) is 34.6 Å². The van der Waals surface area contributed by atoms with Crippen LogP contribution < -0.4 is 15.5 Å². The summed E-state index contributed by atoms with van der Waals surface area (Å²) >= 11 is 0. The molecule has 1 aliphatic heterocycles. The summed E-state index contributed by atoms with van der Waals surface area (Å²) in [7, 11) is 0. The number of rotatable bonds is 9. The van der Waals surface area contributed by atoms with Gasteiger partial charge in [0.1, 0.15) is 0 Å². The zero-order chi connectivity index (χ0) is 23.1. The van der Waals surface area contributed by atoms with Crippen molar-refractivity contribution < 1.29 is 14.3 Å². The van der Waals surface area contributed by atoms with Gasteiger partial charge < -0.3 is 20.3 Å². The molecular formula is C26H33N3O3. The first-order valence-corrected chi connectivity index (χ1v) is 11.3. The van der Waals surface area contributed by atoms with Crippen LogP contribution in [0.1, 0.15) is 57.7 Å². The van der Waals surface area contributed by atoms with E-state index in [0.29, 0.717) is 17.7 Å². The van der Waals surface area contributed by atoms with Gasteiger partial charge in [0.15, 0.2) is 0 Å². The molecule has 0 aromatic heterocycles. The van der Waals surface area contributed by atoms with Gasteiger partial charge in [0.2, 0.25) is 0 Å². The van der Waals surface area contributed by atoms with Crippen LogP contribution in [0.15, 0.2) is 65.9 Å². The Kier molecular flexibility index (Phi) is 7.92. The second-order valence-corrected chi connectivity index (χ2v) is 8.22. The predicted molar refractivity (Wildman–Crippen MR) is 127 cm³/mol. The third-order valence-electron chi connectivity index (χ3n) is 5.41. The number of nitrogens with zero attached hydrogens (tertiary/aromatic N) is 1. The van der Waals surface area contributed by atoms with Crippen molar-refractivity contribution in [3.05, 3.63) is 77.0 Å². The SMILES string of the molecule is CCCC1=C(C(=O)OC(C)C)C(c2ccc(N(CC)Cc3ccccc3)cc2)NC(=O)N1. The average Bonchev–Trinajstić information content (AvgIpc) is 2.77. The number of amides is 2. The molecular weight excluding hydrogens is 402 g/mol. The fourth-order valence-corrected chi connectivity index (χ4v) is 3.90. The molecule has 0 saturated carbocycles. The largest absolute Gasteiger partial charge is 0.459 e. The number of carbonyl (C=O) groups excluding carboxylic acids is 2. The number of urea groups is 1. The second kappa shape index (κ2) is 10.8. The molecule has 0 spiro atoms. The van der Waals surface area contributed by atoms with Crippen LogP contribution in [0.3, 0.4) is 0 Å². The summed E-state index contributed by atoms with van der Waals surface area (Å²) in [5, 5.41) is 5.71. The van der Waals surface area contributed by atoms with Gasteiger partial charge in [-0.3, -0.25) is 0 Å². The van der Waals surface area contributed by atoms with Gasteiger partial charge in [0.05, 0.1) is 17.7 Å². The molecule has 3 rings (SSSR count). The molecule has 1 atom stereocenters. The van der Waals surface area contributed by atoms with E-state index in [1.165, 1.54) is 5.56 Å². The van der Waals surface area contributed by atoms with Gasteiger partial charge in [-0.25, -0.2) is 9.59 Å². The van der Waals surface area contributed by atoms with Crippen molar-refractivity contribution in [2.75, 3.05) is 11.4 Å². The zero-order valence-corrected chi connectivity index (χ0v) is 19.4. The third kappa shape index (κ3) is 5.69. The van der Waals surface area contributed by atoms with Crippen molar-refractivity contribution in [2.45, 2.75) is 59.2 Å². The predicted octanol–water partition coefficient (Wildman–Crippen LogP) is 5.07. The minimum absolute atomic E-state index is 0.241. The van der Waals surface area contributed by atoms with Crippen LogP contribution in [0.5, 0.6) is 0 Å². The number of allylic oxidation sites excluding steroid dienone is 1. The minimum Gasteiger partial charge on any atom is -0.459 e. The summed E-state index contributed by atoms with van der Waals surface area (Å²) in [5.41, 5.74) is 4.29. The van der Waals surface area contributed by atoms with E-state index in [1.54, 1.807) is 0 Å². The second-order valence-electron chi connectivity index (χ2n) is 8.22. The summed E-state index contributed by atoms with van der Waals surface area (Å²) in [4.78, 5) is 27.5. The number of carbonyl (C=O) groups is 2. The molecule has 6 heteroatoms. The average molecular weight is 436 g/mol. The Morgan fingerprint density at radius 3 is 2.34 bits per heavy atom. The van der Waals surface area contributed by atoms with Crippen LogP contribution in [-0.2, 0) is 16.1 Å².